The van der Waals surface area contributed by atoms with Crippen molar-refractivity contribution in [1.29, 1.82) is 0 Å². The number of hydrogen-bond donors (Lipinski definition) is 0. The SMILES string of the molecule is COCCCOCCOc1ccc(C)cc1CCl. The van der Waals surface area contributed by atoms with Gasteiger partial charge in [0.1, 0.15) is 12.4 Å². The van der Waals surface area contributed by atoms with Crippen molar-refractivity contribution in [2.75, 3.05) is 33.5 Å². The van der Waals surface area contributed by atoms with Crippen molar-refractivity contribution in [2.45, 2.75) is 19.2 Å². The molecule has 3 nitrogen and oxygen atoms in total. The van der Waals surface area contributed by atoms with E-state index in [1.54, 1.807) is 7.11 Å². The molecule has 4 heteroatoms. The van der Waals surface area contributed by atoms with Crippen molar-refractivity contribution in [3.05, 3.63) is 29.3 Å². The molecule has 0 radical (unpaired) electrons. The van der Waals surface area contributed by atoms with Gasteiger partial charge in [-0.05, 0) is 19.4 Å². The highest BCUT2D eigenvalue weighted by Crippen LogP contribution is 2.21. The molecule has 0 aromatic heterocycles. The van der Waals surface area contributed by atoms with Crippen LogP contribution in [0.5, 0.6) is 5.75 Å². The molecule has 0 bridgehead atoms. The third-order valence-electron chi connectivity index (χ3n) is 2.48. The molecule has 0 unspecified atom stereocenters. The summed E-state index contributed by atoms with van der Waals surface area (Å²) in [6.45, 7) is 4.60. The van der Waals surface area contributed by atoms with Gasteiger partial charge in [0.15, 0.2) is 0 Å². The van der Waals surface area contributed by atoms with Crippen LogP contribution in [0.3, 0.4) is 0 Å². The van der Waals surface area contributed by atoms with E-state index < -0.39 is 0 Å². The smallest absolute Gasteiger partial charge is 0.123 e. The minimum atomic E-state index is 0.464. The lowest BCUT2D eigenvalue weighted by atomic mass is 10.1. The van der Waals surface area contributed by atoms with Gasteiger partial charge in [0.25, 0.3) is 0 Å². The van der Waals surface area contributed by atoms with Gasteiger partial charge in [-0.15, -0.1) is 11.6 Å². The molecule has 0 amide bonds. The second-order valence-electron chi connectivity index (χ2n) is 4.05. The Bertz CT molecular complexity index is 342. The largest absolute Gasteiger partial charge is 0.491 e. The van der Waals surface area contributed by atoms with Gasteiger partial charge in [-0.2, -0.15) is 0 Å². The summed E-state index contributed by atoms with van der Waals surface area (Å²) in [4.78, 5) is 0. The van der Waals surface area contributed by atoms with Gasteiger partial charge >= 0.3 is 0 Å². The molecule has 1 rings (SSSR count). The summed E-state index contributed by atoms with van der Waals surface area (Å²) in [6, 6.07) is 6.02. The Kier molecular flexibility index (Phi) is 7.81. The van der Waals surface area contributed by atoms with Crippen molar-refractivity contribution >= 4 is 11.6 Å². The maximum Gasteiger partial charge on any atom is 0.123 e. The van der Waals surface area contributed by atoms with Gasteiger partial charge in [-0.1, -0.05) is 17.7 Å². The first-order chi connectivity index (χ1) is 8.77. The fourth-order valence-corrected chi connectivity index (χ4v) is 1.78. The van der Waals surface area contributed by atoms with E-state index in [1.807, 2.05) is 25.1 Å². The Hall–Kier alpha value is -0.770. The number of ether oxygens (including phenoxy) is 3. The van der Waals surface area contributed by atoms with Crippen molar-refractivity contribution in [3.63, 3.8) is 0 Å². The molecule has 0 aliphatic rings. The Morgan fingerprint density at radius 1 is 1.11 bits per heavy atom. The summed E-state index contributed by atoms with van der Waals surface area (Å²) >= 11 is 5.88. The number of hydrogen-bond acceptors (Lipinski definition) is 3. The number of methoxy groups -OCH3 is 1. The first-order valence-corrected chi connectivity index (χ1v) is 6.66. The van der Waals surface area contributed by atoms with Crippen LogP contribution in [0.4, 0.5) is 0 Å². The van der Waals surface area contributed by atoms with E-state index in [0.717, 1.165) is 24.3 Å². The minimum absolute atomic E-state index is 0.464. The van der Waals surface area contributed by atoms with E-state index in [0.29, 0.717) is 25.7 Å². The average molecular weight is 273 g/mol. The minimum Gasteiger partial charge on any atom is -0.491 e. The summed E-state index contributed by atoms with van der Waals surface area (Å²) in [5.74, 6) is 1.31. The molecule has 18 heavy (non-hydrogen) atoms. The summed E-state index contributed by atoms with van der Waals surface area (Å²) in [6.07, 6.45) is 0.911. The van der Waals surface area contributed by atoms with Crippen molar-refractivity contribution < 1.29 is 14.2 Å². The Labute approximate surface area is 114 Å². The Morgan fingerprint density at radius 3 is 2.67 bits per heavy atom. The molecule has 0 spiro atoms. The van der Waals surface area contributed by atoms with Crippen LogP contribution >= 0.6 is 11.6 Å². The molecular formula is C14H21ClO3. The summed E-state index contributed by atoms with van der Waals surface area (Å²) < 4.78 is 16.0. The average Bonchev–Trinajstić information content (AvgIpc) is 2.39. The van der Waals surface area contributed by atoms with E-state index in [4.69, 9.17) is 25.8 Å². The predicted molar refractivity (Wildman–Crippen MR) is 73.5 cm³/mol. The van der Waals surface area contributed by atoms with Gasteiger partial charge in [0.05, 0.1) is 12.5 Å². The zero-order valence-electron chi connectivity index (χ0n) is 11.1. The maximum absolute atomic E-state index is 5.88. The fourth-order valence-electron chi connectivity index (χ4n) is 1.57. The van der Waals surface area contributed by atoms with Gasteiger partial charge < -0.3 is 14.2 Å². The molecule has 0 N–H and O–H groups in total. The molecule has 0 saturated heterocycles. The molecule has 1 aromatic rings. The highest BCUT2D eigenvalue weighted by atomic mass is 35.5. The Balaban J connectivity index is 2.22. The van der Waals surface area contributed by atoms with Crippen LogP contribution in [-0.2, 0) is 15.4 Å². The second-order valence-corrected chi connectivity index (χ2v) is 4.32. The van der Waals surface area contributed by atoms with E-state index in [9.17, 15) is 0 Å². The number of rotatable bonds is 9. The zero-order chi connectivity index (χ0) is 13.2. The second kappa shape index (κ2) is 9.20. The quantitative estimate of drug-likeness (QED) is 0.510. The van der Waals surface area contributed by atoms with Crippen LogP contribution in [0.2, 0.25) is 0 Å². The van der Waals surface area contributed by atoms with Crippen molar-refractivity contribution in [3.8, 4) is 5.75 Å². The zero-order valence-corrected chi connectivity index (χ0v) is 11.8. The molecule has 0 aliphatic carbocycles. The summed E-state index contributed by atoms with van der Waals surface area (Å²) in [7, 11) is 1.69. The molecule has 0 saturated carbocycles. The van der Waals surface area contributed by atoms with E-state index in [2.05, 4.69) is 0 Å². The molecule has 0 heterocycles. The standard InChI is InChI=1S/C14H21ClO3/c1-12-4-5-14(13(10-12)11-15)18-9-8-17-7-3-6-16-2/h4-5,10H,3,6-9,11H2,1-2H3. The number of halogens is 1. The van der Waals surface area contributed by atoms with Gasteiger partial charge in [0, 0.05) is 25.9 Å². The molecule has 0 atom stereocenters. The first kappa shape index (κ1) is 15.3. The van der Waals surface area contributed by atoms with Gasteiger partial charge in [-0.25, -0.2) is 0 Å². The molecule has 1 aromatic carbocycles. The van der Waals surface area contributed by atoms with Crippen LogP contribution < -0.4 is 4.74 Å². The van der Waals surface area contributed by atoms with E-state index >= 15 is 0 Å². The molecule has 0 fully saturated rings. The van der Waals surface area contributed by atoms with Gasteiger partial charge in [-0.3, -0.25) is 0 Å². The van der Waals surface area contributed by atoms with Crippen LogP contribution in [-0.4, -0.2) is 33.5 Å². The predicted octanol–water partition coefficient (Wildman–Crippen LogP) is 3.17. The number of aryl methyl sites for hydroxylation is 1. The number of benzene rings is 1. The first-order valence-electron chi connectivity index (χ1n) is 6.13. The highest BCUT2D eigenvalue weighted by Gasteiger charge is 2.02. The van der Waals surface area contributed by atoms with Crippen LogP contribution in [0.15, 0.2) is 18.2 Å². The lowest BCUT2D eigenvalue weighted by Crippen LogP contribution is -2.09. The van der Waals surface area contributed by atoms with Crippen LogP contribution in [0.25, 0.3) is 0 Å². The monoisotopic (exact) mass is 272 g/mol. The molecule has 0 aliphatic heterocycles. The van der Waals surface area contributed by atoms with E-state index in [-0.39, 0.29) is 0 Å². The summed E-state index contributed by atoms with van der Waals surface area (Å²) in [5, 5.41) is 0. The Morgan fingerprint density at radius 2 is 1.94 bits per heavy atom. The lowest BCUT2D eigenvalue weighted by molar-refractivity contribution is 0.0805. The fraction of sp³-hybridized carbons (Fsp3) is 0.571. The van der Waals surface area contributed by atoms with Crippen molar-refractivity contribution in [1.82, 2.24) is 0 Å². The highest BCUT2D eigenvalue weighted by molar-refractivity contribution is 6.17. The normalized spacial score (nSPS) is 10.6. The maximum atomic E-state index is 5.88. The lowest BCUT2D eigenvalue weighted by Gasteiger charge is -2.11. The van der Waals surface area contributed by atoms with Crippen LogP contribution in [0, 0.1) is 6.92 Å². The van der Waals surface area contributed by atoms with Gasteiger partial charge in [0.2, 0.25) is 0 Å². The van der Waals surface area contributed by atoms with Crippen LogP contribution in [0.1, 0.15) is 17.5 Å². The topological polar surface area (TPSA) is 27.7 Å². The third kappa shape index (κ3) is 5.71. The molecule has 102 valence electrons. The number of alkyl halides is 1. The van der Waals surface area contributed by atoms with E-state index in [1.165, 1.54) is 5.56 Å². The third-order valence-corrected chi connectivity index (χ3v) is 2.77. The summed E-state index contributed by atoms with van der Waals surface area (Å²) in [5.41, 5.74) is 2.21. The molecular weight excluding hydrogens is 252 g/mol. The van der Waals surface area contributed by atoms with Crippen molar-refractivity contribution in [2.24, 2.45) is 0 Å².